The van der Waals surface area contributed by atoms with Crippen LogP contribution < -0.4 is 0 Å². The van der Waals surface area contributed by atoms with Crippen LogP contribution in [0.1, 0.15) is 21.5 Å². The molecule has 0 spiro atoms. The average molecular weight is 362 g/mol. The fourth-order valence-corrected chi connectivity index (χ4v) is 3.78. The first-order chi connectivity index (χ1) is 9.95. The van der Waals surface area contributed by atoms with Crippen LogP contribution >= 0.6 is 27.3 Å². The lowest BCUT2D eigenvalue weighted by molar-refractivity contribution is 0.0699. The molecule has 0 aliphatic carbocycles. The van der Waals surface area contributed by atoms with Crippen molar-refractivity contribution in [3.05, 3.63) is 50.8 Å². The largest absolute Gasteiger partial charge is 0.478 e. The molecule has 0 amide bonds. The third-order valence-corrected chi connectivity index (χ3v) is 4.95. The summed E-state index contributed by atoms with van der Waals surface area (Å²) < 4.78 is 0.997. The van der Waals surface area contributed by atoms with E-state index in [4.69, 9.17) is 0 Å². The Labute approximate surface area is 134 Å². The molecule has 2 aromatic heterocycles. The van der Waals surface area contributed by atoms with Gasteiger partial charge in [-0.25, -0.2) is 9.78 Å². The highest BCUT2D eigenvalue weighted by Gasteiger charge is 2.15. The van der Waals surface area contributed by atoms with E-state index < -0.39 is 5.97 Å². The molecule has 0 aliphatic heterocycles. The van der Waals surface area contributed by atoms with Crippen molar-refractivity contribution in [3.63, 3.8) is 0 Å². The highest BCUT2D eigenvalue weighted by Crippen LogP contribution is 2.33. The van der Waals surface area contributed by atoms with E-state index in [0.717, 1.165) is 25.3 Å². The van der Waals surface area contributed by atoms with Gasteiger partial charge in [0.1, 0.15) is 0 Å². The minimum Gasteiger partial charge on any atom is -0.478 e. The number of aryl methyl sites for hydroxylation is 2. The fourth-order valence-electron chi connectivity index (χ4n) is 2.44. The Hall–Kier alpha value is -1.72. The van der Waals surface area contributed by atoms with Crippen LogP contribution in [0, 0.1) is 13.8 Å². The summed E-state index contributed by atoms with van der Waals surface area (Å²) in [6.07, 6.45) is 0. The maximum absolute atomic E-state index is 11.6. The predicted molar refractivity (Wildman–Crippen MR) is 89.2 cm³/mol. The third kappa shape index (κ3) is 2.59. The SMILES string of the molecule is Cc1cc(C)c2nc(-c3ccc(Br)s3)cc(C(=O)O)c2c1. The van der Waals surface area contributed by atoms with Gasteiger partial charge in [0.15, 0.2) is 0 Å². The summed E-state index contributed by atoms with van der Waals surface area (Å²) in [5.74, 6) is -0.927. The van der Waals surface area contributed by atoms with Crippen LogP contribution in [0.5, 0.6) is 0 Å². The van der Waals surface area contributed by atoms with E-state index in [2.05, 4.69) is 20.9 Å². The van der Waals surface area contributed by atoms with E-state index in [1.54, 1.807) is 17.4 Å². The maximum atomic E-state index is 11.6. The normalized spacial score (nSPS) is 11.0. The molecule has 21 heavy (non-hydrogen) atoms. The molecule has 3 rings (SSSR count). The van der Waals surface area contributed by atoms with Crippen LogP contribution in [0.4, 0.5) is 0 Å². The summed E-state index contributed by atoms with van der Waals surface area (Å²) in [4.78, 5) is 17.2. The molecular weight excluding hydrogens is 350 g/mol. The molecule has 5 heteroatoms. The average Bonchev–Trinajstić information content (AvgIpc) is 2.84. The highest BCUT2D eigenvalue weighted by atomic mass is 79.9. The van der Waals surface area contributed by atoms with Crippen molar-refractivity contribution in [2.45, 2.75) is 13.8 Å². The second kappa shape index (κ2) is 5.24. The lowest BCUT2D eigenvalue weighted by atomic mass is 10.0. The minimum absolute atomic E-state index is 0.298. The van der Waals surface area contributed by atoms with Gasteiger partial charge in [-0.15, -0.1) is 11.3 Å². The molecule has 0 saturated heterocycles. The zero-order valence-corrected chi connectivity index (χ0v) is 13.9. The van der Waals surface area contributed by atoms with Gasteiger partial charge in [-0.05, 0) is 59.6 Å². The Morgan fingerprint density at radius 1 is 1.24 bits per heavy atom. The second-order valence-corrected chi connectivity index (χ2v) is 7.40. The summed E-state index contributed by atoms with van der Waals surface area (Å²) in [5, 5.41) is 10.2. The first-order valence-corrected chi connectivity index (χ1v) is 7.97. The molecule has 3 nitrogen and oxygen atoms in total. The van der Waals surface area contributed by atoms with Crippen molar-refractivity contribution >= 4 is 44.1 Å². The van der Waals surface area contributed by atoms with Crippen LogP contribution in [0.3, 0.4) is 0 Å². The monoisotopic (exact) mass is 361 g/mol. The number of fused-ring (bicyclic) bond motifs is 1. The summed E-state index contributed by atoms with van der Waals surface area (Å²) in [5.41, 5.74) is 3.77. The van der Waals surface area contributed by atoms with Crippen molar-refractivity contribution < 1.29 is 9.90 Å². The molecule has 0 unspecified atom stereocenters. The Morgan fingerprint density at radius 2 is 2.00 bits per heavy atom. The number of carbonyl (C=O) groups is 1. The fraction of sp³-hybridized carbons (Fsp3) is 0.125. The summed E-state index contributed by atoms with van der Waals surface area (Å²) in [7, 11) is 0. The van der Waals surface area contributed by atoms with Crippen molar-refractivity contribution in [2.24, 2.45) is 0 Å². The van der Waals surface area contributed by atoms with E-state index in [1.807, 2.05) is 38.1 Å². The van der Waals surface area contributed by atoms with Crippen LogP contribution in [0.2, 0.25) is 0 Å². The number of hydrogen-bond donors (Lipinski definition) is 1. The molecule has 0 radical (unpaired) electrons. The Kier molecular flexibility index (Phi) is 3.55. The number of aromatic carboxylic acids is 1. The number of nitrogens with zero attached hydrogens (tertiary/aromatic N) is 1. The molecule has 0 bridgehead atoms. The molecule has 1 N–H and O–H groups in total. The number of benzene rings is 1. The van der Waals surface area contributed by atoms with Crippen LogP contribution in [0.15, 0.2) is 34.1 Å². The molecule has 0 fully saturated rings. The van der Waals surface area contributed by atoms with Crippen molar-refractivity contribution in [3.8, 4) is 10.6 Å². The van der Waals surface area contributed by atoms with Gasteiger partial charge in [0, 0.05) is 5.39 Å². The van der Waals surface area contributed by atoms with Gasteiger partial charge in [-0.3, -0.25) is 0 Å². The quantitative estimate of drug-likeness (QED) is 0.695. The van der Waals surface area contributed by atoms with Gasteiger partial charge < -0.3 is 5.11 Å². The van der Waals surface area contributed by atoms with E-state index in [9.17, 15) is 9.90 Å². The maximum Gasteiger partial charge on any atom is 0.336 e. The van der Waals surface area contributed by atoms with Crippen molar-refractivity contribution in [1.82, 2.24) is 4.98 Å². The Morgan fingerprint density at radius 3 is 2.62 bits per heavy atom. The molecule has 1 aromatic carbocycles. The molecular formula is C16H12BrNO2S. The van der Waals surface area contributed by atoms with E-state index in [1.165, 1.54) is 0 Å². The van der Waals surface area contributed by atoms with E-state index in [0.29, 0.717) is 16.6 Å². The zero-order valence-electron chi connectivity index (χ0n) is 11.5. The van der Waals surface area contributed by atoms with Gasteiger partial charge >= 0.3 is 5.97 Å². The molecule has 3 aromatic rings. The van der Waals surface area contributed by atoms with E-state index in [-0.39, 0.29) is 0 Å². The number of halogens is 1. The lowest BCUT2D eigenvalue weighted by Gasteiger charge is -2.09. The number of rotatable bonds is 2. The van der Waals surface area contributed by atoms with Gasteiger partial charge in [0.05, 0.1) is 25.4 Å². The first kappa shape index (κ1) is 14.2. The second-order valence-electron chi connectivity index (χ2n) is 4.94. The summed E-state index contributed by atoms with van der Waals surface area (Å²) >= 11 is 4.97. The third-order valence-electron chi connectivity index (χ3n) is 3.30. The molecule has 2 heterocycles. The molecule has 0 saturated carbocycles. The van der Waals surface area contributed by atoms with Gasteiger partial charge in [-0.1, -0.05) is 11.6 Å². The minimum atomic E-state index is -0.927. The summed E-state index contributed by atoms with van der Waals surface area (Å²) in [6.45, 7) is 3.92. The van der Waals surface area contributed by atoms with Crippen LogP contribution in [-0.2, 0) is 0 Å². The predicted octanol–water partition coefficient (Wildman–Crippen LogP) is 5.04. The Bertz CT molecular complexity index is 870. The number of carboxylic acid groups (broad SMARTS) is 1. The van der Waals surface area contributed by atoms with Gasteiger partial charge in [-0.2, -0.15) is 0 Å². The molecule has 106 valence electrons. The van der Waals surface area contributed by atoms with Crippen LogP contribution in [0.25, 0.3) is 21.5 Å². The van der Waals surface area contributed by atoms with Crippen molar-refractivity contribution in [1.29, 1.82) is 0 Å². The number of pyridine rings is 1. The number of carboxylic acids is 1. The number of thiophene rings is 1. The number of hydrogen-bond acceptors (Lipinski definition) is 3. The van der Waals surface area contributed by atoms with Crippen molar-refractivity contribution in [2.75, 3.05) is 0 Å². The standard InChI is InChI=1S/C16H12BrNO2S/c1-8-5-9(2)15-10(6-8)11(16(19)20)7-12(18-15)13-3-4-14(17)21-13/h3-7H,1-2H3,(H,19,20). The van der Waals surface area contributed by atoms with Gasteiger partial charge in [0.2, 0.25) is 0 Å². The summed E-state index contributed by atoms with van der Waals surface area (Å²) in [6, 6.07) is 9.44. The molecule has 0 aliphatic rings. The lowest BCUT2D eigenvalue weighted by Crippen LogP contribution is -2.01. The van der Waals surface area contributed by atoms with E-state index >= 15 is 0 Å². The molecule has 0 atom stereocenters. The number of aromatic nitrogens is 1. The zero-order chi connectivity index (χ0) is 15.1. The smallest absolute Gasteiger partial charge is 0.336 e. The van der Waals surface area contributed by atoms with Gasteiger partial charge in [0.25, 0.3) is 0 Å². The first-order valence-electron chi connectivity index (χ1n) is 6.36. The highest BCUT2D eigenvalue weighted by molar-refractivity contribution is 9.11. The van der Waals surface area contributed by atoms with Crippen LogP contribution in [-0.4, -0.2) is 16.1 Å². The topological polar surface area (TPSA) is 50.2 Å². The Balaban J connectivity index is 2.37.